The van der Waals surface area contributed by atoms with E-state index in [2.05, 4.69) is 34.6 Å². The molecule has 0 spiro atoms. The molecule has 0 aliphatic carbocycles. The minimum Gasteiger partial charge on any atom is -0.399 e. The second-order valence-corrected chi connectivity index (χ2v) is 5.05. The van der Waals surface area contributed by atoms with Gasteiger partial charge in [-0.3, -0.25) is 0 Å². The van der Waals surface area contributed by atoms with Crippen molar-refractivity contribution >= 4 is 5.69 Å². The first-order valence-corrected chi connectivity index (χ1v) is 7.11. The maximum absolute atomic E-state index is 5.72. The summed E-state index contributed by atoms with van der Waals surface area (Å²) in [5.74, 6) is 0. The van der Waals surface area contributed by atoms with Gasteiger partial charge in [0, 0.05) is 17.8 Å². The quantitative estimate of drug-likeness (QED) is 0.729. The van der Waals surface area contributed by atoms with E-state index < -0.39 is 0 Å². The molecule has 0 bridgehead atoms. The Bertz CT molecular complexity index is 686. The predicted octanol–water partition coefficient (Wildman–Crippen LogP) is 3.16. The predicted molar refractivity (Wildman–Crippen MR) is 84.6 cm³/mol. The van der Waals surface area contributed by atoms with Gasteiger partial charge in [-0.1, -0.05) is 47.7 Å². The fourth-order valence-corrected chi connectivity index (χ4v) is 2.38. The molecule has 2 N–H and O–H groups in total. The third kappa shape index (κ3) is 3.28. The van der Waals surface area contributed by atoms with Crippen molar-refractivity contribution < 1.29 is 0 Å². The highest BCUT2D eigenvalue weighted by Crippen LogP contribution is 2.19. The summed E-state index contributed by atoms with van der Waals surface area (Å²) in [5, 5.41) is 8.21. The molecular formula is C17H18N4. The fraction of sp³-hybridized carbons (Fsp3) is 0.176. The normalized spacial score (nSPS) is 10.7. The van der Waals surface area contributed by atoms with E-state index in [4.69, 9.17) is 5.73 Å². The number of rotatable bonds is 5. The summed E-state index contributed by atoms with van der Waals surface area (Å²) >= 11 is 0. The van der Waals surface area contributed by atoms with Gasteiger partial charge in [-0.15, -0.1) is 5.10 Å². The van der Waals surface area contributed by atoms with Crippen LogP contribution in [0.15, 0.2) is 60.8 Å². The molecule has 0 atom stereocenters. The largest absolute Gasteiger partial charge is 0.399 e. The first-order chi connectivity index (χ1) is 10.3. The van der Waals surface area contributed by atoms with Crippen molar-refractivity contribution in [3.05, 3.63) is 66.4 Å². The molecule has 0 aliphatic rings. The molecule has 2 aromatic carbocycles. The molecule has 4 heteroatoms. The highest BCUT2D eigenvalue weighted by atomic mass is 15.4. The molecule has 106 valence electrons. The van der Waals surface area contributed by atoms with Gasteiger partial charge < -0.3 is 5.73 Å². The van der Waals surface area contributed by atoms with E-state index in [1.165, 1.54) is 5.56 Å². The average Bonchev–Trinajstić information content (AvgIpc) is 2.98. The van der Waals surface area contributed by atoms with E-state index in [0.29, 0.717) is 0 Å². The van der Waals surface area contributed by atoms with Gasteiger partial charge in [-0.2, -0.15) is 0 Å². The summed E-state index contributed by atoms with van der Waals surface area (Å²) in [6.45, 7) is 0.856. The number of hydrogen-bond acceptors (Lipinski definition) is 3. The number of anilines is 1. The molecule has 0 radical (unpaired) electrons. The summed E-state index contributed by atoms with van der Waals surface area (Å²) < 4.78 is 1.95. The standard InChI is InChI=1S/C17H18N4/c18-16-10-8-15(9-11-16)17-13-19-20-21(17)12-4-7-14-5-2-1-3-6-14/h1-3,5-6,8-11,13H,4,7,12,18H2. The lowest BCUT2D eigenvalue weighted by atomic mass is 10.1. The molecule has 0 fully saturated rings. The van der Waals surface area contributed by atoms with Crippen molar-refractivity contribution in [3.63, 3.8) is 0 Å². The number of hydrogen-bond donors (Lipinski definition) is 1. The van der Waals surface area contributed by atoms with Crippen LogP contribution in [0.2, 0.25) is 0 Å². The van der Waals surface area contributed by atoms with Crippen molar-refractivity contribution in [1.82, 2.24) is 15.0 Å². The van der Waals surface area contributed by atoms with Gasteiger partial charge in [0.2, 0.25) is 0 Å². The third-order valence-electron chi connectivity index (χ3n) is 3.50. The van der Waals surface area contributed by atoms with Crippen LogP contribution in [-0.4, -0.2) is 15.0 Å². The Kier molecular flexibility index (Phi) is 3.96. The number of nitrogen functional groups attached to an aromatic ring is 1. The second-order valence-electron chi connectivity index (χ2n) is 5.05. The monoisotopic (exact) mass is 278 g/mol. The van der Waals surface area contributed by atoms with Gasteiger partial charge in [0.25, 0.3) is 0 Å². The first-order valence-electron chi connectivity index (χ1n) is 7.11. The van der Waals surface area contributed by atoms with Crippen LogP contribution in [0, 0.1) is 0 Å². The van der Waals surface area contributed by atoms with Crippen LogP contribution in [0.5, 0.6) is 0 Å². The molecule has 0 unspecified atom stereocenters. The minimum absolute atomic E-state index is 0.766. The molecule has 3 aromatic rings. The Morgan fingerprint density at radius 2 is 1.71 bits per heavy atom. The van der Waals surface area contributed by atoms with Crippen molar-refractivity contribution in [2.75, 3.05) is 5.73 Å². The molecule has 0 saturated heterocycles. The number of aryl methyl sites for hydroxylation is 2. The zero-order valence-corrected chi connectivity index (χ0v) is 11.8. The molecule has 3 rings (SSSR count). The van der Waals surface area contributed by atoms with Gasteiger partial charge in [-0.05, 0) is 30.5 Å². The number of aromatic nitrogens is 3. The minimum atomic E-state index is 0.766. The zero-order valence-electron chi connectivity index (χ0n) is 11.8. The summed E-state index contributed by atoms with van der Waals surface area (Å²) in [4.78, 5) is 0. The van der Waals surface area contributed by atoms with E-state index in [9.17, 15) is 0 Å². The van der Waals surface area contributed by atoms with Gasteiger partial charge in [0.15, 0.2) is 0 Å². The van der Waals surface area contributed by atoms with Crippen LogP contribution in [-0.2, 0) is 13.0 Å². The van der Waals surface area contributed by atoms with Crippen molar-refractivity contribution in [2.45, 2.75) is 19.4 Å². The SMILES string of the molecule is Nc1ccc(-c2cnnn2CCCc2ccccc2)cc1. The van der Waals surface area contributed by atoms with E-state index >= 15 is 0 Å². The van der Waals surface area contributed by atoms with Crippen molar-refractivity contribution in [3.8, 4) is 11.3 Å². The smallest absolute Gasteiger partial charge is 0.0885 e. The van der Waals surface area contributed by atoms with Crippen LogP contribution in [0.25, 0.3) is 11.3 Å². The van der Waals surface area contributed by atoms with Gasteiger partial charge in [0.1, 0.15) is 0 Å². The van der Waals surface area contributed by atoms with Crippen molar-refractivity contribution in [2.24, 2.45) is 0 Å². The van der Waals surface area contributed by atoms with E-state index in [0.717, 1.165) is 36.3 Å². The van der Waals surface area contributed by atoms with Gasteiger partial charge in [-0.25, -0.2) is 4.68 Å². The fourth-order valence-electron chi connectivity index (χ4n) is 2.38. The highest BCUT2D eigenvalue weighted by molar-refractivity contribution is 5.61. The van der Waals surface area contributed by atoms with Gasteiger partial charge in [0.05, 0.1) is 11.9 Å². The zero-order chi connectivity index (χ0) is 14.5. The lowest BCUT2D eigenvalue weighted by Crippen LogP contribution is -2.04. The number of nitrogens with two attached hydrogens (primary N) is 1. The Morgan fingerprint density at radius 1 is 0.952 bits per heavy atom. The topological polar surface area (TPSA) is 56.7 Å². The lowest BCUT2D eigenvalue weighted by Gasteiger charge is -2.07. The number of nitrogens with zero attached hydrogens (tertiary/aromatic N) is 3. The molecule has 0 aliphatic heterocycles. The molecule has 21 heavy (non-hydrogen) atoms. The Labute approximate surface area is 124 Å². The maximum atomic E-state index is 5.72. The Hall–Kier alpha value is -2.62. The molecule has 0 amide bonds. The van der Waals surface area contributed by atoms with Crippen LogP contribution in [0.3, 0.4) is 0 Å². The summed E-state index contributed by atoms with van der Waals surface area (Å²) in [7, 11) is 0. The highest BCUT2D eigenvalue weighted by Gasteiger charge is 2.06. The van der Waals surface area contributed by atoms with Crippen LogP contribution < -0.4 is 5.73 Å². The number of benzene rings is 2. The summed E-state index contributed by atoms with van der Waals surface area (Å²) in [6.07, 6.45) is 3.88. The molecule has 0 saturated carbocycles. The summed E-state index contributed by atoms with van der Waals surface area (Å²) in [5.41, 5.74) is 9.97. The molecule has 1 aromatic heterocycles. The summed E-state index contributed by atoms with van der Waals surface area (Å²) in [6, 6.07) is 18.3. The van der Waals surface area contributed by atoms with Gasteiger partial charge >= 0.3 is 0 Å². The molecule has 1 heterocycles. The Morgan fingerprint density at radius 3 is 2.48 bits per heavy atom. The van der Waals surface area contributed by atoms with E-state index in [1.807, 2.05) is 35.0 Å². The van der Waals surface area contributed by atoms with E-state index in [-0.39, 0.29) is 0 Å². The third-order valence-corrected chi connectivity index (χ3v) is 3.50. The van der Waals surface area contributed by atoms with Crippen LogP contribution in [0.4, 0.5) is 5.69 Å². The van der Waals surface area contributed by atoms with E-state index in [1.54, 1.807) is 6.20 Å². The Balaban J connectivity index is 1.67. The molecule has 4 nitrogen and oxygen atoms in total. The average molecular weight is 278 g/mol. The first kappa shape index (κ1) is 13.4. The van der Waals surface area contributed by atoms with Crippen molar-refractivity contribution in [1.29, 1.82) is 0 Å². The van der Waals surface area contributed by atoms with Crippen LogP contribution >= 0.6 is 0 Å². The molecular weight excluding hydrogens is 260 g/mol. The van der Waals surface area contributed by atoms with Crippen LogP contribution in [0.1, 0.15) is 12.0 Å². The lowest BCUT2D eigenvalue weighted by molar-refractivity contribution is 0.563. The second kappa shape index (κ2) is 6.22. The maximum Gasteiger partial charge on any atom is 0.0885 e.